The molecule has 0 bridgehead atoms. The number of carbonyl (C=O) groups is 1. The Balaban J connectivity index is 1.50. The SMILES string of the molecule is CC(Sc1nnc(N2CCCC2)n1Cc1ccco1)C(=O)Nc1ccc(Br)cc1. The summed E-state index contributed by atoms with van der Waals surface area (Å²) in [7, 11) is 0. The van der Waals surface area contributed by atoms with Gasteiger partial charge in [0.25, 0.3) is 0 Å². The number of aromatic nitrogens is 3. The van der Waals surface area contributed by atoms with Crippen LogP contribution in [0.4, 0.5) is 11.6 Å². The van der Waals surface area contributed by atoms with Crippen LogP contribution in [0.15, 0.2) is 56.7 Å². The van der Waals surface area contributed by atoms with E-state index in [1.807, 2.05) is 47.9 Å². The van der Waals surface area contributed by atoms with E-state index in [2.05, 4.69) is 36.3 Å². The second-order valence-corrected chi connectivity index (χ2v) is 9.12. The van der Waals surface area contributed by atoms with E-state index < -0.39 is 0 Å². The maximum Gasteiger partial charge on any atom is 0.237 e. The summed E-state index contributed by atoms with van der Waals surface area (Å²) < 4.78 is 8.54. The molecule has 1 unspecified atom stereocenters. The molecule has 3 heterocycles. The van der Waals surface area contributed by atoms with Gasteiger partial charge in [-0.3, -0.25) is 9.36 Å². The van der Waals surface area contributed by atoms with Gasteiger partial charge < -0.3 is 14.6 Å². The van der Waals surface area contributed by atoms with Crippen LogP contribution in [0, 0.1) is 0 Å². The molecule has 3 aromatic rings. The summed E-state index contributed by atoms with van der Waals surface area (Å²) in [6.07, 6.45) is 3.97. The highest BCUT2D eigenvalue weighted by atomic mass is 79.9. The summed E-state index contributed by atoms with van der Waals surface area (Å²) in [5, 5.41) is 12.1. The van der Waals surface area contributed by atoms with Gasteiger partial charge in [-0.05, 0) is 56.2 Å². The first-order chi connectivity index (χ1) is 14.1. The van der Waals surface area contributed by atoms with Gasteiger partial charge in [-0.1, -0.05) is 27.7 Å². The van der Waals surface area contributed by atoms with Crippen LogP contribution in [0.3, 0.4) is 0 Å². The molecule has 9 heteroatoms. The molecular formula is C20H22BrN5O2S. The zero-order chi connectivity index (χ0) is 20.2. The maximum atomic E-state index is 12.7. The van der Waals surface area contributed by atoms with Crippen LogP contribution in [0.5, 0.6) is 0 Å². The predicted molar refractivity (Wildman–Crippen MR) is 117 cm³/mol. The smallest absolute Gasteiger partial charge is 0.237 e. The van der Waals surface area contributed by atoms with Gasteiger partial charge in [0.05, 0.1) is 18.1 Å². The minimum Gasteiger partial charge on any atom is -0.467 e. The zero-order valence-corrected chi connectivity index (χ0v) is 18.4. The number of amides is 1. The Morgan fingerprint density at radius 1 is 1.24 bits per heavy atom. The average molecular weight is 476 g/mol. The fourth-order valence-electron chi connectivity index (χ4n) is 3.20. The van der Waals surface area contributed by atoms with Crippen molar-refractivity contribution in [1.29, 1.82) is 0 Å². The molecule has 1 amide bonds. The Kier molecular flexibility index (Phi) is 6.25. The van der Waals surface area contributed by atoms with Gasteiger partial charge in [-0.2, -0.15) is 0 Å². The molecule has 0 radical (unpaired) electrons. The van der Waals surface area contributed by atoms with E-state index in [0.29, 0.717) is 11.7 Å². The van der Waals surface area contributed by atoms with Crippen molar-refractivity contribution in [3.05, 3.63) is 52.9 Å². The molecule has 1 aliphatic rings. The number of hydrogen-bond acceptors (Lipinski definition) is 6. The average Bonchev–Trinajstić information content (AvgIpc) is 3.47. The fourth-order valence-corrected chi connectivity index (χ4v) is 4.31. The van der Waals surface area contributed by atoms with Crippen LogP contribution in [-0.4, -0.2) is 39.0 Å². The van der Waals surface area contributed by atoms with Crippen molar-refractivity contribution in [3.8, 4) is 0 Å². The van der Waals surface area contributed by atoms with Crippen molar-refractivity contribution in [1.82, 2.24) is 14.8 Å². The Morgan fingerprint density at radius 3 is 2.69 bits per heavy atom. The number of rotatable bonds is 7. The van der Waals surface area contributed by atoms with Crippen molar-refractivity contribution in [2.24, 2.45) is 0 Å². The molecular weight excluding hydrogens is 454 g/mol. The highest BCUT2D eigenvalue weighted by Crippen LogP contribution is 2.29. The normalized spacial score (nSPS) is 14.9. The first-order valence-electron chi connectivity index (χ1n) is 9.54. The quantitative estimate of drug-likeness (QED) is 0.510. The molecule has 0 saturated carbocycles. The second-order valence-electron chi connectivity index (χ2n) is 6.90. The van der Waals surface area contributed by atoms with Crippen molar-refractivity contribution < 1.29 is 9.21 Å². The third-order valence-electron chi connectivity index (χ3n) is 4.74. The van der Waals surface area contributed by atoms with Crippen LogP contribution in [0.2, 0.25) is 0 Å². The third-order valence-corrected chi connectivity index (χ3v) is 6.35. The lowest BCUT2D eigenvalue weighted by atomic mass is 10.3. The summed E-state index contributed by atoms with van der Waals surface area (Å²) in [4.78, 5) is 14.9. The minimum atomic E-state index is -0.329. The van der Waals surface area contributed by atoms with Gasteiger partial charge in [0.2, 0.25) is 11.9 Å². The van der Waals surface area contributed by atoms with Crippen LogP contribution < -0.4 is 10.2 Å². The van der Waals surface area contributed by atoms with E-state index in [1.165, 1.54) is 11.8 Å². The highest BCUT2D eigenvalue weighted by molar-refractivity contribution is 9.10. The molecule has 1 saturated heterocycles. The number of furan rings is 1. The predicted octanol–water partition coefficient (Wildman–Crippen LogP) is 4.40. The number of hydrogen-bond donors (Lipinski definition) is 1. The molecule has 29 heavy (non-hydrogen) atoms. The first kappa shape index (κ1) is 20.0. The monoisotopic (exact) mass is 475 g/mol. The number of anilines is 2. The molecule has 1 N–H and O–H groups in total. The van der Waals surface area contributed by atoms with Crippen molar-refractivity contribution in [3.63, 3.8) is 0 Å². The molecule has 7 nitrogen and oxygen atoms in total. The van der Waals surface area contributed by atoms with E-state index >= 15 is 0 Å². The zero-order valence-electron chi connectivity index (χ0n) is 16.0. The lowest BCUT2D eigenvalue weighted by Crippen LogP contribution is -2.24. The number of carbonyl (C=O) groups excluding carboxylic acids is 1. The van der Waals surface area contributed by atoms with Gasteiger partial charge in [-0.25, -0.2) is 0 Å². The highest BCUT2D eigenvalue weighted by Gasteiger charge is 2.25. The van der Waals surface area contributed by atoms with E-state index in [9.17, 15) is 4.79 Å². The van der Waals surface area contributed by atoms with Crippen LogP contribution in [0.1, 0.15) is 25.5 Å². The minimum absolute atomic E-state index is 0.0763. The van der Waals surface area contributed by atoms with Crippen molar-refractivity contribution in [2.75, 3.05) is 23.3 Å². The lowest BCUT2D eigenvalue weighted by molar-refractivity contribution is -0.115. The Hall–Kier alpha value is -2.26. The molecule has 1 aliphatic heterocycles. The first-order valence-corrected chi connectivity index (χ1v) is 11.2. The second kappa shape index (κ2) is 9.04. The van der Waals surface area contributed by atoms with Crippen molar-refractivity contribution in [2.45, 2.75) is 36.7 Å². The van der Waals surface area contributed by atoms with Gasteiger partial charge in [0.1, 0.15) is 5.76 Å². The molecule has 152 valence electrons. The Morgan fingerprint density at radius 2 is 2.00 bits per heavy atom. The summed E-state index contributed by atoms with van der Waals surface area (Å²) in [5.41, 5.74) is 0.764. The van der Waals surface area contributed by atoms with Crippen LogP contribution in [0.25, 0.3) is 0 Å². The largest absolute Gasteiger partial charge is 0.467 e. The van der Waals surface area contributed by atoms with E-state index in [0.717, 1.165) is 47.8 Å². The standard InChI is InChI=1S/C20H22BrN5O2S/c1-14(18(27)22-16-8-6-15(21)7-9-16)29-20-24-23-19(25-10-2-3-11-25)26(20)13-17-5-4-12-28-17/h4-9,12,14H,2-3,10-11,13H2,1H3,(H,22,27). The number of nitrogens with one attached hydrogen (secondary N) is 1. The van der Waals surface area contributed by atoms with Crippen LogP contribution in [-0.2, 0) is 11.3 Å². The van der Waals surface area contributed by atoms with Gasteiger partial charge in [0, 0.05) is 23.2 Å². The number of benzene rings is 1. The maximum absolute atomic E-state index is 12.7. The summed E-state index contributed by atoms with van der Waals surface area (Å²) in [5.74, 6) is 1.59. The molecule has 4 rings (SSSR count). The van der Waals surface area contributed by atoms with E-state index in [4.69, 9.17) is 4.42 Å². The van der Waals surface area contributed by atoms with Gasteiger partial charge in [0.15, 0.2) is 5.16 Å². The van der Waals surface area contributed by atoms with Gasteiger partial charge >= 0.3 is 0 Å². The topological polar surface area (TPSA) is 76.2 Å². The molecule has 1 atom stereocenters. The third kappa shape index (κ3) is 4.84. The van der Waals surface area contributed by atoms with Crippen molar-refractivity contribution >= 4 is 45.2 Å². The molecule has 1 aromatic carbocycles. The lowest BCUT2D eigenvalue weighted by Gasteiger charge is -2.18. The van der Waals surface area contributed by atoms with Gasteiger partial charge in [-0.15, -0.1) is 10.2 Å². The van der Waals surface area contributed by atoms with Crippen LogP contribution >= 0.6 is 27.7 Å². The summed E-state index contributed by atoms with van der Waals surface area (Å²) in [6.45, 7) is 4.36. The molecule has 1 fully saturated rings. The molecule has 2 aromatic heterocycles. The Bertz CT molecular complexity index is 952. The molecule has 0 spiro atoms. The van der Waals surface area contributed by atoms with E-state index in [-0.39, 0.29) is 11.2 Å². The summed E-state index contributed by atoms with van der Waals surface area (Å²) in [6, 6.07) is 11.3. The summed E-state index contributed by atoms with van der Waals surface area (Å²) >= 11 is 4.80. The Labute approximate surface area is 182 Å². The number of nitrogens with zero attached hydrogens (tertiary/aromatic N) is 4. The number of halogens is 1. The van der Waals surface area contributed by atoms with E-state index in [1.54, 1.807) is 6.26 Å². The fraction of sp³-hybridized carbons (Fsp3) is 0.350. The molecule has 0 aliphatic carbocycles. The number of thioether (sulfide) groups is 1.